The van der Waals surface area contributed by atoms with Crippen LogP contribution in [-0.4, -0.2) is 32.2 Å². The molecule has 3 aromatic carbocycles. The van der Waals surface area contributed by atoms with Crippen LogP contribution < -0.4 is 19.5 Å². The van der Waals surface area contributed by atoms with E-state index in [-0.39, 0.29) is 5.91 Å². The summed E-state index contributed by atoms with van der Waals surface area (Å²) in [5.41, 5.74) is 1.98. The van der Waals surface area contributed by atoms with Gasteiger partial charge in [0.15, 0.2) is 5.13 Å². The number of thiazole rings is 1. The Balaban J connectivity index is 1.61. The maximum Gasteiger partial charge on any atom is 0.261 e. The van der Waals surface area contributed by atoms with Gasteiger partial charge in [-0.2, -0.15) is 0 Å². The van der Waals surface area contributed by atoms with Gasteiger partial charge in [0, 0.05) is 17.0 Å². The van der Waals surface area contributed by atoms with Gasteiger partial charge in [-0.05, 0) is 35.0 Å². The van der Waals surface area contributed by atoms with Crippen LogP contribution in [-0.2, 0) is 0 Å². The van der Waals surface area contributed by atoms with E-state index in [1.54, 1.807) is 27.4 Å². The quantitative estimate of drug-likeness (QED) is 0.462. The Morgan fingerprint density at radius 3 is 2.33 bits per heavy atom. The number of nitrogens with one attached hydrogen (secondary N) is 1. The number of hydrogen-bond acceptors (Lipinski definition) is 6. The smallest absolute Gasteiger partial charge is 0.261 e. The third-order valence-corrected chi connectivity index (χ3v) is 5.48. The first-order chi connectivity index (χ1) is 14.6. The van der Waals surface area contributed by atoms with Crippen molar-refractivity contribution in [1.82, 2.24) is 4.98 Å². The van der Waals surface area contributed by atoms with Crippen molar-refractivity contribution in [1.29, 1.82) is 0 Å². The van der Waals surface area contributed by atoms with Crippen LogP contribution in [0.2, 0.25) is 0 Å². The fourth-order valence-electron chi connectivity index (χ4n) is 3.20. The van der Waals surface area contributed by atoms with Crippen LogP contribution in [0.3, 0.4) is 0 Å². The molecule has 1 heterocycles. The summed E-state index contributed by atoms with van der Waals surface area (Å²) in [4.78, 5) is 17.5. The van der Waals surface area contributed by atoms with Crippen molar-refractivity contribution in [2.45, 2.75) is 0 Å². The Morgan fingerprint density at radius 2 is 1.63 bits per heavy atom. The highest BCUT2D eigenvalue weighted by molar-refractivity contribution is 7.14. The van der Waals surface area contributed by atoms with Gasteiger partial charge in [0.1, 0.15) is 17.2 Å². The molecule has 4 aromatic rings. The summed E-state index contributed by atoms with van der Waals surface area (Å²) in [6.07, 6.45) is 0. The van der Waals surface area contributed by atoms with E-state index in [2.05, 4.69) is 10.3 Å². The number of carbonyl (C=O) groups is 1. The number of hydrogen-bond donors (Lipinski definition) is 1. The molecule has 152 valence electrons. The molecule has 1 N–H and O–H groups in total. The van der Waals surface area contributed by atoms with Crippen LogP contribution in [0, 0.1) is 0 Å². The predicted molar refractivity (Wildman–Crippen MR) is 119 cm³/mol. The van der Waals surface area contributed by atoms with Crippen LogP contribution in [0.4, 0.5) is 5.13 Å². The molecular weight excluding hydrogens is 400 g/mol. The second-order valence-corrected chi connectivity index (χ2v) is 7.32. The monoisotopic (exact) mass is 420 g/mol. The number of aromatic nitrogens is 1. The topological polar surface area (TPSA) is 69.7 Å². The van der Waals surface area contributed by atoms with Gasteiger partial charge in [-0.1, -0.05) is 24.3 Å². The molecule has 0 saturated carbocycles. The summed E-state index contributed by atoms with van der Waals surface area (Å²) in [6.45, 7) is 0. The molecule has 1 amide bonds. The number of rotatable bonds is 6. The molecule has 30 heavy (non-hydrogen) atoms. The third-order valence-electron chi connectivity index (χ3n) is 4.72. The van der Waals surface area contributed by atoms with Gasteiger partial charge < -0.3 is 14.2 Å². The lowest BCUT2D eigenvalue weighted by atomic mass is 10.1. The average Bonchev–Trinajstić information content (AvgIpc) is 3.25. The zero-order valence-electron chi connectivity index (χ0n) is 16.8. The van der Waals surface area contributed by atoms with Gasteiger partial charge in [0.05, 0.1) is 32.6 Å². The van der Waals surface area contributed by atoms with Crippen molar-refractivity contribution >= 4 is 33.1 Å². The number of fused-ring (bicyclic) bond motifs is 1. The Hall–Kier alpha value is -3.58. The number of anilines is 1. The average molecular weight is 420 g/mol. The first-order valence-corrected chi connectivity index (χ1v) is 10.1. The second-order valence-electron chi connectivity index (χ2n) is 6.46. The summed E-state index contributed by atoms with van der Waals surface area (Å²) in [6, 6.07) is 17.0. The lowest BCUT2D eigenvalue weighted by Gasteiger charge is -2.10. The summed E-state index contributed by atoms with van der Waals surface area (Å²) in [7, 11) is 4.75. The van der Waals surface area contributed by atoms with E-state index in [0.717, 1.165) is 16.3 Å². The molecule has 0 spiro atoms. The number of methoxy groups -OCH3 is 3. The molecule has 0 aliphatic carbocycles. The fraction of sp³-hybridized carbons (Fsp3) is 0.130. The van der Waals surface area contributed by atoms with Crippen LogP contribution >= 0.6 is 11.3 Å². The number of nitrogens with zero attached hydrogens (tertiary/aromatic N) is 1. The highest BCUT2D eigenvalue weighted by Gasteiger charge is 2.17. The van der Waals surface area contributed by atoms with E-state index in [4.69, 9.17) is 14.2 Å². The van der Waals surface area contributed by atoms with Crippen molar-refractivity contribution < 1.29 is 19.0 Å². The molecule has 0 aliphatic heterocycles. The minimum Gasteiger partial charge on any atom is -0.497 e. The van der Waals surface area contributed by atoms with Crippen molar-refractivity contribution in [2.24, 2.45) is 0 Å². The van der Waals surface area contributed by atoms with Gasteiger partial charge in [-0.25, -0.2) is 4.98 Å². The van der Waals surface area contributed by atoms with E-state index < -0.39 is 0 Å². The standard InChI is InChI=1S/C23H20N2O4S/c1-27-16-8-9-17(21(12-16)29-3)19-13-30-23(24-19)25-22(26)18-10-14-6-4-5-7-15(14)11-20(18)28-2/h4-13H,1-3H3,(H,24,25,26). The van der Waals surface area contributed by atoms with Gasteiger partial charge in [-0.3, -0.25) is 10.1 Å². The number of ether oxygens (including phenoxy) is 3. The first kappa shape index (κ1) is 19.7. The molecule has 0 unspecified atom stereocenters. The Bertz CT molecular complexity index is 1220. The number of carbonyl (C=O) groups excluding carboxylic acids is 1. The number of amides is 1. The first-order valence-electron chi connectivity index (χ1n) is 9.19. The molecule has 1 aromatic heterocycles. The Kier molecular flexibility index (Phi) is 5.54. The highest BCUT2D eigenvalue weighted by Crippen LogP contribution is 2.35. The second kappa shape index (κ2) is 8.42. The molecule has 0 fully saturated rings. The normalized spacial score (nSPS) is 10.6. The summed E-state index contributed by atoms with van der Waals surface area (Å²) >= 11 is 1.34. The third kappa shape index (κ3) is 3.79. The van der Waals surface area contributed by atoms with Crippen LogP contribution in [0.15, 0.2) is 60.0 Å². The van der Waals surface area contributed by atoms with E-state index in [0.29, 0.717) is 33.6 Å². The lowest BCUT2D eigenvalue weighted by molar-refractivity contribution is 0.102. The van der Waals surface area contributed by atoms with Gasteiger partial charge >= 0.3 is 0 Å². The van der Waals surface area contributed by atoms with E-state index in [9.17, 15) is 4.79 Å². The molecule has 4 rings (SSSR count). The maximum absolute atomic E-state index is 12.9. The van der Waals surface area contributed by atoms with Crippen molar-refractivity contribution in [3.8, 4) is 28.5 Å². The van der Waals surface area contributed by atoms with E-state index in [1.165, 1.54) is 11.3 Å². The Labute approximate surface area is 178 Å². The zero-order valence-corrected chi connectivity index (χ0v) is 17.6. The minimum absolute atomic E-state index is 0.278. The van der Waals surface area contributed by atoms with Crippen LogP contribution in [0.5, 0.6) is 17.2 Å². The molecule has 0 aliphatic rings. The van der Waals surface area contributed by atoms with Crippen LogP contribution in [0.1, 0.15) is 10.4 Å². The van der Waals surface area contributed by atoms with Crippen molar-refractivity contribution in [3.63, 3.8) is 0 Å². The van der Waals surface area contributed by atoms with Gasteiger partial charge in [0.25, 0.3) is 5.91 Å². The van der Waals surface area contributed by atoms with Crippen LogP contribution in [0.25, 0.3) is 22.0 Å². The van der Waals surface area contributed by atoms with Crippen molar-refractivity contribution in [3.05, 3.63) is 65.5 Å². The van der Waals surface area contributed by atoms with Gasteiger partial charge in [-0.15, -0.1) is 11.3 Å². The molecular formula is C23H20N2O4S. The summed E-state index contributed by atoms with van der Waals surface area (Å²) < 4.78 is 16.1. The van der Waals surface area contributed by atoms with Crippen molar-refractivity contribution in [2.75, 3.05) is 26.6 Å². The van der Waals surface area contributed by atoms with Gasteiger partial charge in [0.2, 0.25) is 0 Å². The highest BCUT2D eigenvalue weighted by atomic mass is 32.1. The molecule has 0 saturated heterocycles. The summed E-state index contributed by atoms with van der Waals surface area (Å²) in [5.74, 6) is 1.58. The largest absolute Gasteiger partial charge is 0.497 e. The summed E-state index contributed by atoms with van der Waals surface area (Å²) in [5, 5.41) is 7.20. The fourth-order valence-corrected chi connectivity index (χ4v) is 3.90. The minimum atomic E-state index is -0.278. The SMILES string of the molecule is COc1ccc(-c2csc(NC(=O)c3cc4ccccc4cc3OC)n2)c(OC)c1. The Morgan fingerprint density at radius 1 is 0.900 bits per heavy atom. The predicted octanol–water partition coefficient (Wildman–Crippen LogP) is 5.24. The molecule has 0 bridgehead atoms. The van der Waals surface area contributed by atoms with E-state index >= 15 is 0 Å². The molecule has 7 heteroatoms. The zero-order chi connectivity index (χ0) is 21.1. The maximum atomic E-state index is 12.9. The lowest BCUT2D eigenvalue weighted by Crippen LogP contribution is -2.13. The van der Waals surface area contributed by atoms with E-state index in [1.807, 2.05) is 53.9 Å². The molecule has 0 atom stereocenters. The molecule has 6 nitrogen and oxygen atoms in total. The number of benzene rings is 3. The molecule has 0 radical (unpaired) electrons.